The van der Waals surface area contributed by atoms with Crippen LogP contribution in [0.3, 0.4) is 0 Å². The number of nitrogens with one attached hydrogen (secondary N) is 1. The summed E-state index contributed by atoms with van der Waals surface area (Å²) in [5, 5.41) is 3.45. The van der Waals surface area contributed by atoms with Crippen molar-refractivity contribution < 1.29 is 4.74 Å². The zero-order valence-electron chi connectivity index (χ0n) is 9.11. The van der Waals surface area contributed by atoms with E-state index in [1.165, 1.54) is 0 Å². The van der Waals surface area contributed by atoms with Gasteiger partial charge in [0.05, 0.1) is 5.60 Å². The van der Waals surface area contributed by atoms with Crippen LogP contribution < -0.4 is 5.32 Å². The molecule has 0 aromatic rings. The molecule has 0 bridgehead atoms. The van der Waals surface area contributed by atoms with Gasteiger partial charge < -0.3 is 10.1 Å². The third-order valence-electron chi connectivity index (χ3n) is 2.76. The SMILES string of the molecule is CCNC(CC)C(C)(CC)OC. The van der Waals surface area contributed by atoms with Gasteiger partial charge in [0.15, 0.2) is 0 Å². The first-order valence-electron chi connectivity index (χ1n) is 4.93. The van der Waals surface area contributed by atoms with Gasteiger partial charge in [0.1, 0.15) is 0 Å². The maximum Gasteiger partial charge on any atom is 0.0800 e. The smallest absolute Gasteiger partial charge is 0.0800 e. The molecule has 2 heteroatoms. The minimum absolute atomic E-state index is 0.00917. The highest BCUT2D eigenvalue weighted by molar-refractivity contribution is 4.86. The Labute approximate surface area is 76.7 Å². The molecule has 0 fully saturated rings. The van der Waals surface area contributed by atoms with E-state index < -0.39 is 0 Å². The van der Waals surface area contributed by atoms with Gasteiger partial charge in [-0.05, 0) is 26.3 Å². The van der Waals surface area contributed by atoms with Gasteiger partial charge in [-0.25, -0.2) is 0 Å². The maximum atomic E-state index is 5.53. The molecular formula is C10H23NO. The summed E-state index contributed by atoms with van der Waals surface area (Å²) in [4.78, 5) is 0. The molecule has 0 aliphatic heterocycles. The largest absolute Gasteiger partial charge is 0.377 e. The second kappa shape index (κ2) is 5.55. The number of likely N-dealkylation sites (N-methyl/N-ethyl adjacent to an activating group) is 1. The average molecular weight is 173 g/mol. The van der Waals surface area contributed by atoms with Gasteiger partial charge in [0, 0.05) is 13.2 Å². The summed E-state index contributed by atoms with van der Waals surface area (Å²) >= 11 is 0. The van der Waals surface area contributed by atoms with E-state index in [0.29, 0.717) is 6.04 Å². The Kier molecular flexibility index (Phi) is 5.51. The van der Waals surface area contributed by atoms with Gasteiger partial charge in [-0.1, -0.05) is 20.8 Å². The molecule has 0 rings (SSSR count). The molecule has 1 N–H and O–H groups in total. The number of rotatable bonds is 6. The first kappa shape index (κ1) is 11.9. The summed E-state index contributed by atoms with van der Waals surface area (Å²) < 4.78 is 5.53. The van der Waals surface area contributed by atoms with E-state index in [9.17, 15) is 0 Å². The van der Waals surface area contributed by atoms with Crippen molar-refractivity contribution in [3.8, 4) is 0 Å². The van der Waals surface area contributed by atoms with Gasteiger partial charge in [-0.3, -0.25) is 0 Å². The molecule has 2 atom stereocenters. The average Bonchev–Trinajstić information content (AvgIpc) is 2.13. The van der Waals surface area contributed by atoms with E-state index in [1.807, 2.05) is 0 Å². The van der Waals surface area contributed by atoms with Crippen molar-refractivity contribution in [1.82, 2.24) is 5.32 Å². The van der Waals surface area contributed by atoms with Crippen LogP contribution in [0.4, 0.5) is 0 Å². The highest BCUT2D eigenvalue weighted by Crippen LogP contribution is 2.21. The Morgan fingerprint density at radius 3 is 2.17 bits per heavy atom. The molecule has 2 unspecified atom stereocenters. The highest BCUT2D eigenvalue weighted by atomic mass is 16.5. The summed E-state index contributed by atoms with van der Waals surface area (Å²) in [6, 6.07) is 0.470. The summed E-state index contributed by atoms with van der Waals surface area (Å²) in [5.41, 5.74) is -0.00917. The van der Waals surface area contributed by atoms with Crippen LogP contribution in [0, 0.1) is 0 Å². The quantitative estimate of drug-likeness (QED) is 0.665. The van der Waals surface area contributed by atoms with Crippen LogP contribution in [0.5, 0.6) is 0 Å². The molecule has 12 heavy (non-hydrogen) atoms. The van der Waals surface area contributed by atoms with Crippen molar-refractivity contribution in [2.75, 3.05) is 13.7 Å². The standard InChI is InChI=1S/C10H23NO/c1-6-9(11-8-3)10(4,7-2)12-5/h9,11H,6-8H2,1-5H3. The molecule has 0 radical (unpaired) electrons. The summed E-state index contributed by atoms with van der Waals surface area (Å²) in [7, 11) is 1.80. The molecule has 0 aliphatic rings. The van der Waals surface area contributed by atoms with Crippen molar-refractivity contribution in [2.24, 2.45) is 0 Å². The minimum atomic E-state index is -0.00917. The molecule has 0 saturated carbocycles. The molecule has 0 saturated heterocycles. The van der Waals surface area contributed by atoms with Gasteiger partial charge in [-0.2, -0.15) is 0 Å². The molecule has 0 spiro atoms. The molecule has 0 aliphatic carbocycles. The highest BCUT2D eigenvalue weighted by Gasteiger charge is 2.30. The van der Waals surface area contributed by atoms with E-state index in [-0.39, 0.29) is 5.60 Å². The van der Waals surface area contributed by atoms with Gasteiger partial charge in [0.25, 0.3) is 0 Å². The van der Waals surface area contributed by atoms with Crippen LogP contribution in [-0.2, 0) is 4.74 Å². The van der Waals surface area contributed by atoms with Crippen molar-refractivity contribution in [1.29, 1.82) is 0 Å². The number of methoxy groups -OCH3 is 1. The minimum Gasteiger partial charge on any atom is -0.377 e. The molecule has 0 heterocycles. The monoisotopic (exact) mass is 173 g/mol. The third kappa shape index (κ3) is 2.76. The van der Waals surface area contributed by atoms with Gasteiger partial charge in [0.2, 0.25) is 0 Å². The molecule has 0 aromatic heterocycles. The lowest BCUT2D eigenvalue weighted by Gasteiger charge is -2.35. The summed E-state index contributed by atoms with van der Waals surface area (Å²) in [5.74, 6) is 0. The lowest BCUT2D eigenvalue weighted by atomic mass is 9.91. The first-order valence-corrected chi connectivity index (χ1v) is 4.93. The lowest BCUT2D eigenvalue weighted by Crippen LogP contribution is -2.49. The Bertz CT molecular complexity index is 110. The van der Waals surface area contributed by atoms with E-state index in [0.717, 1.165) is 19.4 Å². The van der Waals surface area contributed by atoms with Crippen LogP contribution in [0.2, 0.25) is 0 Å². The second-order valence-corrected chi connectivity index (χ2v) is 3.39. The van der Waals surface area contributed by atoms with Crippen LogP contribution in [0.25, 0.3) is 0 Å². The summed E-state index contributed by atoms with van der Waals surface area (Å²) in [6.07, 6.45) is 2.17. The van der Waals surface area contributed by atoms with E-state index in [1.54, 1.807) is 7.11 Å². The predicted molar refractivity (Wildman–Crippen MR) is 53.5 cm³/mol. The molecule has 0 aromatic carbocycles. The van der Waals surface area contributed by atoms with Crippen LogP contribution in [-0.4, -0.2) is 25.3 Å². The fourth-order valence-electron chi connectivity index (χ4n) is 1.57. The van der Waals surface area contributed by atoms with Crippen LogP contribution in [0.1, 0.15) is 40.5 Å². The zero-order valence-corrected chi connectivity index (χ0v) is 9.11. The molecule has 2 nitrogen and oxygen atoms in total. The zero-order chi connectivity index (χ0) is 9.61. The third-order valence-corrected chi connectivity index (χ3v) is 2.76. The Morgan fingerprint density at radius 1 is 1.33 bits per heavy atom. The van der Waals surface area contributed by atoms with Crippen molar-refractivity contribution >= 4 is 0 Å². The van der Waals surface area contributed by atoms with Crippen molar-refractivity contribution in [3.05, 3.63) is 0 Å². The lowest BCUT2D eigenvalue weighted by molar-refractivity contribution is -0.0294. The van der Waals surface area contributed by atoms with E-state index >= 15 is 0 Å². The van der Waals surface area contributed by atoms with Crippen LogP contribution >= 0.6 is 0 Å². The Balaban J connectivity index is 4.21. The second-order valence-electron chi connectivity index (χ2n) is 3.39. The number of hydrogen-bond acceptors (Lipinski definition) is 2. The van der Waals surface area contributed by atoms with Crippen LogP contribution in [0.15, 0.2) is 0 Å². The number of ether oxygens (including phenoxy) is 1. The normalized spacial score (nSPS) is 18.8. The van der Waals surface area contributed by atoms with Gasteiger partial charge in [-0.15, -0.1) is 0 Å². The Morgan fingerprint density at radius 2 is 1.92 bits per heavy atom. The van der Waals surface area contributed by atoms with Gasteiger partial charge >= 0.3 is 0 Å². The summed E-state index contributed by atoms with van der Waals surface area (Å²) in [6.45, 7) is 9.68. The molecule has 74 valence electrons. The number of hydrogen-bond donors (Lipinski definition) is 1. The Hall–Kier alpha value is -0.0800. The maximum absolute atomic E-state index is 5.53. The predicted octanol–water partition coefficient (Wildman–Crippen LogP) is 2.19. The first-order chi connectivity index (χ1) is 5.64. The van der Waals surface area contributed by atoms with E-state index in [2.05, 4.69) is 33.0 Å². The molecular weight excluding hydrogens is 150 g/mol. The molecule has 0 amide bonds. The van der Waals surface area contributed by atoms with E-state index in [4.69, 9.17) is 4.74 Å². The topological polar surface area (TPSA) is 21.3 Å². The van der Waals surface area contributed by atoms with Crippen molar-refractivity contribution in [3.63, 3.8) is 0 Å². The fraction of sp³-hybridized carbons (Fsp3) is 1.00. The fourth-order valence-corrected chi connectivity index (χ4v) is 1.57. The van der Waals surface area contributed by atoms with Crippen molar-refractivity contribution in [2.45, 2.75) is 52.2 Å².